The van der Waals surface area contributed by atoms with Crippen molar-refractivity contribution in [2.75, 3.05) is 25.6 Å². The smallest absolute Gasteiger partial charge is 0.220 e. The van der Waals surface area contributed by atoms with Crippen LogP contribution in [0.2, 0.25) is 0 Å². The quantitative estimate of drug-likeness (QED) is 0.573. The number of hydrogen-bond donors (Lipinski definition) is 2. The minimum atomic E-state index is -3.74. The fourth-order valence-electron chi connectivity index (χ4n) is 0.955. The highest BCUT2D eigenvalue weighted by molar-refractivity contribution is 8.09. The number of rotatable bonds is 6. The summed E-state index contributed by atoms with van der Waals surface area (Å²) in [6.07, 6.45) is 2.30. The average molecular weight is 258 g/mol. The minimum Gasteiger partial charge on any atom is -0.330 e. The molecule has 15 heavy (non-hydrogen) atoms. The van der Waals surface area contributed by atoms with Gasteiger partial charge in [-0.1, -0.05) is 0 Å². The van der Waals surface area contributed by atoms with Crippen molar-refractivity contribution in [3.8, 4) is 0 Å². The molecule has 0 aliphatic heterocycles. The summed E-state index contributed by atoms with van der Waals surface area (Å²) in [5.41, 5.74) is 5.24. The number of hydrogen-bond acceptors (Lipinski definition) is 6. The lowest BCUT2D eigenvalue weighted by atomic mass is 10.4. The molecule has 0 atom stereocenters. The van der Waals surface area contributed by atoms with Crippen LogP contribution in [0.5, 0.6) is 0 Å². The summed E-state index contributed by atoms with van der Waals surface area (Å²) in [7, 11) is -7.49. The third kappa shape index (κ3) is 3.40. The van der Waals surface area contributed by atoms with Gasteiger partial charge in [0, 0.05) is 12.5 Å². The number of nitrogens with one attached hydrogen (secondary N) is 1. The molecule has 0 aromatic rings. The summed E-state index contributed by atoms with van der Waals surface area (Å²) in [5.74, 6) is 0. The largest absolute Gasteiger partial charge is 0.330 e. The molecule has 6 nitrogen and oxygen atoms in total. The Morgan fingerprint density at radius 1 is 1.13 bits per heavy atom. The van der Waals surface area contributed by atoms with Crippen molar-refractivity contribution in [1.29, 1.82) is 0 Å². The second-order valence-corrected chi connectivity index (χ2v) is 8.54. The number of sulfone groups is 2. The van der Waals surface area contributed by atoms with E-state index in [2.05, 4.69) is 5.32 Å². The van der Waals surface area contributed by atoms with Crippen LogP contribution in [-0.4, -0.2) is 46.6 Å². The zero-order chi connectivity index (χ0) is 12.3. The zero-order valence-electron chi connectivity index (χ0n) is 9.15. The van der Waals surface area contributed by atoms with E-state index < -0.39 is 23.9 Å². The van der Waals surface area contributed by atoms with E-state index in [0.717, 1.165) is 19.4 Å². The molecule has 0 rings (SSSR count). The topological polar surface area (TPSA) is 106 Å². The SMILES string of the molecule is CC(NCCCN)(S(C)(=O)=O)S(C)(=O)=O. The molecule has 0 aromatic heterocycles. The summed E-state index contributed by atoms with van der Waals surface area (Å²) in [6.45, 7) is 1.76. The Labute approximate surface area is 91.1 Å². The Bertz CT molecular complexity index is 367. The lowest BCUT2D eigenvalue weighted by Crippen LogP contribution is -2.55. The Balaban J connectivity index is 5.09. The normalized spacial score (nSPS) is 14.1. The van der Waals surface area contributed by atoms with Gasteiger partial charge in [0.25, 0.3) is 0 Å². The molecule has 0 heterocycles. The predicted molar refractivity (Wildman–Crippen MR) is 59.8 cm³/mol. The van der Waals surface area contributed by atoms with Crippen molar-refractivity contribution < 1.29 is 16.8 Å². The van der Waals surface area contributed by atoms with E-state index in [4.69, 9.17) is 5.73 Å². The van der Waals surface area contributed by atoms with Crippen LogP contribution in [0.3, 0.4) is 0 Å². The fraction of sp³-hybridized carbons (Fsp3) is 1.00. The third-order valence-corrected chi connectivity index (χ3v) is 7.18. The first-order valence-corrected chi connectivity index (χ1v) is 8.19. The van der Waals surface area contributed by atoms with Crippen LogP contribution in [0.15, 0.2) is 0 Å². The van der Waals surface area contributed by atoms with Crippen molar-refractivity contribution in [2.45, 2.75) is 17.5 Å². The van der Waals surface area contributed by atoms with Crippen LogP contribution in [0.1, 0.15) is 13.3 Å². The van der Waals surface area contributed by atoms with Crippen LogP contribution in [-0.2, 0) is 19.7 Å². The third-order valence-electron chi connectivity index (χ3n) is 2.24. The summed E-state index contributed by atoms with van der Waals surface area (Å²) < 4.78 is 43.7. The maximum atomic E-state index is 11.4. The maximum absolute atomic E-state index is 11.4. The van der Waals surface area contributed by atoms with E-state index in [1.807, 2.05) is 0 Å². The van der Waals surface area contributed by atoms with Gasteiger partial charge in [0.2, 0.25) is 4.20 Å². The zero-order valence-corrected chi connectivity index (χ0v) is 10.8. The van der Waals surface area contributed by atoms with E-state index in [-0.39, 0.29) is 6.54 Å². The van der Waals surface area contributed by atoms with Crippen LogP contribution in [0, 0.1) is 0 Å². The molecule has 0 aliphatic rings. The Kier molecular flexibility index (Phi) is 4.71. The van der Waals surface area contributed by atoms with Gasteiger partial charge in [0.15, 0.2) is 19.7 Å². The number of nitrogens with two attached hydrogens (primary N) is 1. The van der Waals surface area contributed by atoms with Crippen molar-refractivity contribution in [3.05, 3.63) is 0 Å². The van der Waals surface area contributed by atoms with E-state index in [9.17, 15) is 16.8 Å². The molecule has 0 bridgehead atoms. The highest BCUT2D eigenvalue weighted by Crippen LogP contribution is 2.19. The van der Waals surface area contributed by atoms with Crippen LogP contribution in [0.4, 0.5) is 0 Å². The first-order chi connectivity index (χ1) is 6.56. The van der Waals surface area contributed by atoms with Gasteiger partial charge < -0.3 is 5.73 Å². The second-order valence-electron chi connectivity index (χ2n) is 3.56. The molecular weight excluding hydrogens is 240 g/mol. The summed E-state index contributed by atoms with van der Waals surface area (Å²) in [4.78, 5) is 0. The lowest BCUT2D eigenvalue weighted by molar-refractivity contribution is 0.509. The highest BCUT2D eigenvalue weighted by atomic mass is 32.3. The summed E-state index contributed by atoms with van der Waals surface area (Å²) in [5, 5.41) is 2.52. The Hall–Kier alpha value is -0.180. The summed E-state index contributed by atoms with van der Waals surface area (Å²) in [6, 6.07) is 0. The molecule has 8 heteroatoms. The van der Waals surface area contributed by atoms with Gasteiger partial charge in [-0.15, -0.1) is 0 Å². The van der Waals surface area contributed by atoms with Gasteiger partial charge in [-0.05, 0) is 26.4 Å². The van der Waals surface area contributed by atoms with Crippen molar-refractivity contribution in [1.82, 2.24) is 5.32 Å². The molecule has 0 unspecified atom stereocenters. The Morgan fingerprint density at radius 3 is 1.80 bits per heavy atom. The van der Waals surface area contributed by atoms with Gasteiger partial charge in [-0.2, -0.15) is 0 Å². The molecule has 0 fully saturated rings. The Morgan fingerprint density at radius 2 is 1.53 bits per heavy atom. The fourth-order valence-corrected chi connectivity index (χ4v) is 3.88. The van der Waals surface area contributed by atoms with Crippen molar-refractivity contribution in [3.63, 3.8) is 0 Å². The monoisotopic (exact) mass is 258 g/mol. The molecule has 92 valence electrons. The molecule has 0 saturated heterocycles. The predicted octanol–water partition coefficient (Wildman–Crippen LogP) is -1.31. The average Bonchev–Trinajstić information content (AvgIpc) is 2.00. The van der Waals surface area contributed by atoms with E-state index in [1.54, 1.807) is 0 Å². The first-order valence-electron chi connectivity index (χ1n) is 4.40. The van der Waals surface area contributed by atoms with E-state index in [1.165, 1.54) is 0 Å². The minimum absolute atomic E-state index is 0.243. The lowest BCUT2D eigenvalue weighted by Gasteiger charge is -2.26. The van der Waals surface area contributed by atoms with E-state index in [0.29, 0.717) is 13.0 Å². The molecular formula is C7H18N2O4S2. The molecule has 0 aliphatic carbocycles. The van der Waals surface area contributed by atoms with E-state index >= 15 is 0 Å². The standard InChI is InChI=1S/C7H18N2O4S2/c1-7(14(2,10)11,15(3,12)13)9-6-4-5-8/h9H,4-6,8H2,1-3H3. The molecule has 0 saturated carbocycles. The summed E-state index contributed by atoms with van der Waals surface area (Å²) >= 11 is 0. The molecule has 3 N–H and O–H groups in total. The van der Waals surface area contributed by atoms with Gasteiger partial charge in [0.1, 0.15) is 0 Å². The van der Waals surface area contributed by atoms with Crippen molar-refractivity contribution in [2.24, 2.45) is 5.73 Å². The molecule has 0 spiro atoms. The first kappa shape index (κ1) is 14.8. The van der Waals surface area contributed by atoms with Crippen LogP contribution >= 0.6 is 0 Å². The van der Waals surface area contributed by atoms with Gasteiger partial charge in [0.05, 0.1) is 0 Å². The van der Waals surface area contributed by atoms with Crippen LogP contribution < -0.4 is 11.1 Å². The van der Waals surface area contributed by atoms with Gasteiger partial charge in [-0.3, -0.25) is 5.32 Å². The van der Waals surface area contributed by atoms with Gasteiger partial charge >= 0.3 is 0 Å². The molecule has 0 radical (unpaired) electrons. The van der Waals surface area contributed by atoms with Crippen molar-refractivity contribution >= 4 is 19.7 Å². The maximum Gasteiger partial charge on any atom is 0.220 e. The molecule has 0 amide bonds. The second kappa shape index (κ2) is 4.77. The van der Waals surface area contributed by atoms with Gasteiger partial charge in [-0.25, -0.2) is 16.8 Å². The van der Waals surface area contributed by atoms with Crippen LogP contribution in [0.25, 0.3) is 0 Å². The highest BCUT2D eigenvalue weighted by Gasteiger charge is 2.45. The molecule has 0 aromatic carbocycles.